The zero-order valence-corrected chi connectivity index (χ0v) is 48.4. The van der Waals surface area contributed by atoms with Crippen molar-refractivity contribution in [1.29, 1.82) is 0 Å². The standard InChI is InChI=1S/2C27H26P2.2CHCl3.ClH.Rh/c2*1-5-14-24(15-6-1)28(25-16-7-2-8-17-25)22-13-23-29(26-18-9-3-10-19-26)27-20-11-4-12-21-27;2*2-1(3)4;;/h2*1-12,14-21H,13,22-23H2;2*1H;1H;/p+3. The van der Waals surface area contributed by atoms with E-state index in [-0.39, 0.29) is 31.9 Å². The van der Waals surface area contributed by atoms with Crippen molar-refractivity contribution in [3.63, 3.8) is 0 Å². The molecule has 0 heterocycles. The second kappa shape index (κ2) is 36.1. The largest absolute Gasteiger partial charge is 1.00 e. The van der Waals surface area contributed by atoms with Gasteiger partial charge in [-0.15, -0.1) is 0 Å². The molecule has 0 N–H and O–H groups in total. The van der Waals surface area contributed by atoms with E-state index < -0.39 is 40.3 Å². The summed E-state index contributed by atoms with van der Waals surface area (Å²) in [6, 6.07) is 89.1. The maximum atomic E-state index is 4.81. The molecule has 0 bridgehead atoms. The molecule has 0 nitrogen and oxygen atoms in total. The van der Waals surface area contributed by atoms with E-state index in [1.54, 1.807) is 0 Å². The van der Waals surface area contributed by atoms with Crippen molar-refractivity contribution in [1.82, 2.24) is 0 Å². The molecule has 0 amide bonds. The number of benzene rings is 8. The molecule has 0 aliphatic rings. The molecule has 0 spiro atoms. The minimum absolute atomic E-state index is 0. The average molecular weight is 1210 g/mol. The number of hydrogen-bond donors (Lipinski definition) is 0. The van der Waals surface area contributed by atoms with Gasteiger partial charge < -0.3 is 12.4 Å². The summed E-state index contributed by atoms with van der Waals surface area (Å²) in [4.78, 5) is 0. The summed E-state index contributed by atoms with van der Waals surface area (Å²) in [6.45, 7) is 0. The smallest absolute Gasteiger partial charge is 0.180 e. The van der Waals surface area contributed by atoms with Crippen LogP contribution in [0.5, 0.6) is 0 Å². The summed E-state index contributed by atoms with van der Waals surface area (Å²) in [5.41, 5.74) is 0. The molecular formula is C56H58Cl7P4Rh+3. The fourth-order valence-corrected chi connectivity index (χ4v) is 19.0. The summed E-state index contributed by atoms with van der Waals surface area (Å²) < 4.78 is -1.50. The van der Waals surface area contributed by atoms with Crippen LogP contribution in [-0.4, -0.2) is 33.2 Å². The molecule has 68 heavy (non-hydrogen) atoms. The summed E-state index contributed by atoms with van der Waals surface area (Å²) in [6.07, 6.45) is 7.68. The predicted octanol–water partition coefficient (Wildman–Crippen LogP) is 11.2. The quantitative estimate of drug-likeness (QED) is 0.0514. The Morgan fingerprint density at radius 1 is 0.235 bits per heavy atom. The van der Waals surface area contributed by atoms with Gasteiger partial charge in [0.1, 0.15) is 0 Å². The molecule has 357 valence electrons. The van der Waals surface area contributed by atoms with E-state index in [2.05, 4.69) is 243 Å². The maximum absolute atomic E-state index is 4.81. The monoisotopic (exact) mass is 1200 g/mol. The summed E-state index contributed by atoms with van der Waals surface area (Å²) in [7, 11) is -2.97. The van der Waals surface area contributed by atoms with Crippen molar-refractivity contribution in [2.24, 2.45) is 0 Å². The van der Waals surface area contributed by atoms with Gasteiger partial charge in [0.05, 0.1) is 98.8 Å². The van der Waals surface area contributed by atoms with Crippen LogP contribution in [0.15, 0.2) is 243 Å². The molecule has 0 atom stereocenters. The van der Waals surface area contributed by atoms with Gasteiger partial charge in [-0.1, -0.05) is 215 Å². The van der Waals surface area contributed by atoms with Crippen LogP contribution in [0.2, 0.25) is 0 Å². The molecule has 0 saturated carbocycles. The van der Waals surface area contributed by atoms with E-state index in [9.17, 15) is 0 Å². The first-order valence-electron chi connectivity index (χ1n) is 22.0. The first-order chi connectivity index (χ1) is 32.3. The van der Waals surface area contributed by atoms with Crippen molar-refractivity contribution in [3.8, 4) is 0 Å². The molecule has 0 unspecified atom stereocenters. The fourth-order valence-electron chi connectivity index (χ4n) is 7.82. The molecule has 1 radical (unpaired) electrons. The van der Waals surface area contributed by atoms with E-state index >= 15 is 0 Å². The Bertz CT molecular complexity index is 1910. The molecule has 8 aromatic rings. The van der Waals surface area contributed by atoms with Crippen molar-refractivity contribution in [2.75, 3.05) is 24.6 Å². The van der Waals surface area contributed by atoms with Crippen LogP contribution in [0.25, 0.3) is 0 Å². The van der Waals surface area contributed by atoms with Gasteiger partial charge in [0.2, 0.25) is 0 Å². The third-order valence-corrected chi connectivity index (χ3v) is 22.3. The van der Waals surface area contributed by atoms with Crippen LogP contribution in [0, 0.1) is 0 Å². The molecule has 0 aromatic heterocycles. The number of halogens is 7. The number of hydrogen-bond acceptors (Lipinski definition) is 0. The van der Waals surface area contributed by atoms with Crippen LogP contribution in [-0.2, 0) is 19.5 Å². The maximum Gasteiger partial charge on any atom is 0.180 e. The summed E-state index contributed by atoms with van der Waals surface area (Å²) in [5, 5.41) is 12.2. The van der Waals surface area contributed by atoms with Crippen LogP contribution in [0.1, 0.15) is 12.8 Å². The summed E-state index contributed by atoms with van der Waals surface area (Å²) >= 11 is 28.8. The minimum atomic E-state index is -0.750. The van der Waals surface area contributed by atoms with E-state index in [0.717, 1.165) is 0 Å². The number of alkyl halides is 6. The zero-order chi connectivity index (χ0) is 46.6. The normalized spacial score (nSPS) is 10.5. The topological polar surface area (TPSA) is 0 Å². The molecule has 0 fully saturated rings. The fraction of sp³-hybridized carbons (Fsp3) is 0.143. The van der Waals surface area contributed by atoms with Crippen LogP contribution < -0.4 is 54.8 Å². The van der Waals surface area contributed by atoms with E-state index in [4.69, 9.17) is 69.6 Å². The minimum Gasteiger partial charge on any atom is -1.00 e. The molecule has 12 heteroatoms. The van der Waals surface area contributed by atoms with Crippen molar-refractivity contribution in [2.45, 2.75) is 21.4 Å². The van der Waals surface area contributed by atoms with Gasteiger partial charge in [-0.2, -0.15) is 0 Å². The van der Waals surface area contributed by atoms with Gasteiger partial charge in [0.25, 0.3) is 0 Å². The zero-order valence-electron chi connectivity index (χ0n) is 37.5. The van der Waals surface area contributed by atoms with Gasteiger partial charge in [-0.3, -0.25) is 0 Å². The Morgan fingerprint density at radius 2 is 0.338 bits per heavy atom. The molecule has 0 aliphatic heterocycles. The van der Waals surface area contributed by atoms with Crippen LogP contribution in [0.4, 0.5) is 0 Å². The van der Waals surface area contributed by atoms with E-state index in [1.807, 2.05) is 0 Å². The van der Waals surface area contributed by atoms with Crippen molar-refractivity contribution >= 4 is 144 Å². The van der Waals surface area contributed by atoms with Crippen molar-refractivity contribution < 1.29 is 31.9 Å². The molecule has 0 saturated heterocycles. The predicted molar refractivity (Wildman–Crippen MR) is 313 cm³/mol. The molecular weight excluding hydrogens is 1150 g/mol. The Balaban J connectivity index is 0.000000304. The van der Waals surface area contributed by atoms with Gasteiger partial charge in [-0.25, -0.2) is 0 Å². The van der Waals surface area contributed by atoms with Crippen molar-refractivity contribution in [3.05, 3.63) is 243 Å². The van der Waals surface area contributed by atoms with Crippen LogP contribution >= 0.6 is 101 Å². The Hall–Kier alpha value is -1.87. The molecule has 0 aliphatic carbocycles. The first-order valence-corrected chi connectivity index (χ1v) is 31.5. The second-order valence-corrected chi connectivity index (χ2v) is 29.5. The Morgan fingerprint density at radius 3 is 0.441 bits per heavy atom. The first kappa shape index (κ1) is 60.4. The Kier molecular flexibility index (Phi) is 32.1. The van der Waals surface area contributed by atoms with Gasteiger partial charge in [0, 0.05) is 32.3 Å². The van der Waals surface area contributed by atoms with Gasteiger partial charge in [0.15, 0.2) is 8.59 Å². The van der Waals surface area contributed by atoms with Gasteiger partial charge >= 0.3 is 0 Å². The SMILES string of the molecule is ClC(Cl)Cl.ClC(Cl)Cl.[Cl-].[Rh].c1ccc([PH+](CCC[PH+](c2ccccc2)c2ccccc2)c2ccccc2)cc1.c1ccc([PH+](CCC[PH+](c2ccccc2)c2ccccc2)c2ccccc2)cc1. The Labute approximate surface area is 460 Å². The molecule has 8 aromatic carbocycles. The molecule has 8 rings (SSSR count). The summed E-state index contributed by atoms with van der Waals surface area (Å²) in [5.74, 6) is 0. The third-order valence-electron chi connectivity index (χ3n) is 10.7. The second-order valence-electron chi connectivity index (χ2n) is 15.0. The van der Waals surface area contributed by atoms with Crippen LogP contribution in [0.3, 0.4) is 0 Å². The third kappa shape index (κ3) is 22.7. The number of rotatable bonds is 16. The van der Waals surface area contributed by atoms with E-state index in [0.29, 0.717) is 0 Å². The van der Waals surface area contributed by atoms with E-state index in [1.165, 1.54) is 79.9 Å². The average Bonchev–Trinajstić information content (AvgIpc) is 3.36. The van der Waals surface area contributed by atoms with Gasteiger partial charge in [-0.05, 0) is 97.1 Å².